The first-order chi connectivity index (χ1) is 7.83. The number of hydrogen-bond acceptors (Lipinski definition) is 3. The largest absolute Gasteiger partial charge is 0.340 e. The fourth-order valence-electron chi connectivity index (χ4n) is 1.65. The molecule has 0 spiro atoms. The number of rotatable bonds is 1. The quantitative estimate of drug-likeness (QED) is 0.670. The first-order valence-electron chi connectivity index (χ1n) is 5.08. The van der Waals surface area contributed by atoms with Gasteiger partial charge in [0.15, 0.2) is 11.5 Å². The van der Waals surface area contributed by atoms with Crippen LogP contribution in [0.4, 0.5) is 0 Å². The number of nitrogens with zero attached hydrogens (tertiary/aromatic N) is 3. The Morgan fingerprint density at radius 1 is 1.06 bits per heavy atom. The number of H-pyrrole nitrogens is 1. The van der Waals surface area contributed by atoms with Gasteiger partial charge in [0.1, 0.15) is 11.3 Å². The first kappa shape index (κ1) is 9.03. The first-order valence-corrected chi connectivity index (χ1v) is 5.08. The normalized spacial score (nSPS) is 10.8. The smallest absolute Gasteiger partial charge is 0.181 e. The van der Waals surface area contributed by atoms with E-state index in [-0.39, 0.29) is 0 Å². The predicted octanol–water partition coefficient (Wildman–Crippen LogP) is 2.33. The van der Waals surface area contributed by atoms with Gasteiger partial charge < -0.3 is 4.98 Å². The van der Waals surface area contributed by atoms with Crippen molar-refractivity contribution in [1.29, 1.82) is 0 Å². The Kier molecular flexibility index (Phi) is 1.93. The molecule has 1 N–H and O–H groups in total. The highest BCUT2D eigenvalue weighted by atomic mass is 15.0. The van der Waals surface area contributed by atoms with Gasteiger partial charge in [0.25, 0.3) is 0 Å². The molecule has 0 unspecified atom stereocenters. The fraction of sp³-hybridized carbons (Fsp3) is 0.0833. The SMILES string of the molecule is Cc1nc2nc(-c3ccccc3)ncc2[nH]1. The maximum Gasteiger partial charge on any atom is 0.181 e. The van der Waals surface area contributed by atoms with Gasteiger partial charge in [0.05, 0.1) is 6.20 Å². The van der Waals surface area contributed by atoms with Gasteiger partial charge in [-0.15, -0.1) is 0 Å². The Morgan fingerprint density at radius 2 is 1.88 bits per heavy atom. The van der Waals surface area contributed by atoms with E-state index < -0.39 is 0 Å². The lowest BCUT2D eigenvalue weighted by Gasteiger charge is -1.97. The highest BCUT2D eigenvalue weighted by Gasteiger charge is 2.04. The van der Waals surface area contributed by atoms with E-state index in [1.807, 2.05) is 37.3 Å². The van der Waals surface area contributed by atoms with Gasteiger partial charge in [0, 0.05) is 5.56 Å². The Labute approximate surface area is 92.4 Å². The molecule has 0 amide bonds. The fourth-order valence-corrected chi connectivity index (χ4v) is 1.65. The molecule has 16 heavy (non-hydrogen) atoms. The molecular weight excluding hydrogens is 200 g/mol. The van der Waals surface area contributed by atoms with Crippen LogP contribution in [0, 0.1) is 6.92 Å². The Bertz CT molecular complexity index is 628. The van der Waals surface area contributed by atoms with Gasteiger partial charge in [0.2, 0.25) is 0 Å². The van der Waals surface area contributed by atoms with E-state index in [2.05, 4.69) is 19.9 Å². The number of nitrogens with one attached hydrogen (secondary N) is 1. The maximum absolute atomic E-state index is 4.41. The summed E-state index contributed by atoms with van der Waals surface area (Å²) in [5, 5.41) is 0. The molecule has 3 rings (SSSR count). The zero-order valence-corrected chi connectivity index (χ0v) is 8.81. The van der Waals surface area contributed by atoms with Gasteiger partial charge in [-0.1, -0.05) is 30.3 Å². The molecule has 0 aliphatic heterocycles. The minimum atomic E-state index is 0.708. The molecule has 0 atom stereocenters. The highest BCUT2D eigenvalue weighted by molar-refractivity contribution is 5.72. The number of imidazole rings is 1. The van der Waals surface area contributed by atoms with Crippen molar-refractivity contribution in [3.05, 3.63) is 42.4 Å². The van der Waals surface area contributed by atoms with Crippen molar-refractivity contribution in [2.45, 2.75) is 6.92 Å². The molecule has 0 aliphatic carbocycles. The average molecular weight is 210 g/mol. The number of aromatic amines is 1. The van der Waals surface area contributed by atoms with E-state index >= 15 is 0 Å². The second kappa shape index (κ2) is 3.41. The third kappa shape index (κ3) is 1.44. The van der Waals surface area contributed by atoms with Gasteiger partial charge in [-0.25, -0.2) is 15.0 Å². The third-order valence-corrected chi connectivity index (χ3v) is 2.39. The molecule has 1 aromatic carbocycles. The van der Waals surface area contributed by atoms with Crippen LogP contribution < -0.4 is 0 Å². The summed E-state index contributed by atoms with van der Waals surface area (Å²) in [5.74, 6) is 1.56. The van der Waals surface area contributed by atoms with Crippen LogP contribution in [0.15, 0.2) is 36.5 Å². The average Bonchev–Trinajstić information content (AvgIpc) is 2.69. The van der Waals surface area contributed by atoms with E-state index in [4.69, 9.17) is 0 Å². The van der Waals surface area contributed by atoms with Gasteiger partial charge >= 0.3 is 0 Å². The third-order valence-electron chi connectivity index (χ3n) is 2.39. The van der Waals surface area contributed by atoms with E-state index in [1.165, 1.54) is 0 Å². The van der Waals surface area contributed by atoms with Crippen LogP contribution in [-0.2, 0) is 0 Å². The Morgan fingerprint density at radius 3 is 2.69 bits per heavy atom. The summed E-state index contributed by atoms with van der Waals surface area (Å²) < 4.78 is 0. The molecule has 3 aromatic rings. The van der Waals surface area contributed by atoms with Crippen molar-refractivity contribution in [2.75, 3.05) is 0 Å². The Hall–Kier alpha value is -2.23. The number of aryl methyl sites for hydroxylation is 1. The number of benzene rings is 1. The zero-order chi connectivity index (χ0) is 11.0. The predicted molar refractivity (Wildman–Crippen MR) is 61.9 cm³/mol. The lowest BCUT2D eigenvalue weighted by Crippen LogP contribution is -1.88. The van der Waals surface area contributed by atoms with E-state index in [0.717, 1.165) is 16.9 Å². The van der Waals surface area contributed by atoms with Gasteiger partial charge in [-0.2, -0.15) is 0 Å². The molecular formula is C12H10N4. The van der Waals surface area contributed by atoms with Gasteiger partial charge in [-0.3, -0.25) is 0 Å². The molecule has 0 saturated carbocycles. The number of fused-ring (bicyclic) bond motifs is 1. The molecule has 0 fully saturated rings. The molecule has 0 bridgehead atoms. The van der Waals surface area contributed by atoms with Crippen molar-refractivity contribution < 1.29 is 0 Å². The van der Waals surface area contributed by atoms with Crippen molar-refractivity contribution in [3.8, 4) is 11.4 Å². The highest BCUT2D eigenvalue weighted by Crippen LogP contribution is 2.16. The van der Waals surface area contributed by atoms with E-state index in [1.54, 1.807) is 6.20 Å². The molecule has 0 aliphatic rings. The lowest BCUT2D eigenvalue weighted by molar-refractivity contribution is 1.16. The number of hydrogen-bond donors (Lipinski definition) is 1. The summed E-state index contributed by atoms with van der Waals surface area (Å²) in [7, 11) is 0. The van der Waals surface area contributed by atoms with Crippen LogP contribution in [0.1, 0.15) is 5.82 Å². The number of aromatic nitrogens is 4. The summed E-state index contributed by atoms with van der Waals surface area (Å²) in [6.45, 7) is 1.91. The molecule has 0 saturated heterocycles. The Balaban J connectivity index is 2.18. The minimum absolute atomic E-state index is 0.708. The molecule has 2 aromatic heterocycles. The van der Waals surface area contributed by atoms with Crippen LogP contribution in [0.25, 0.3) is 22.6 Å². The standard InChI is InChI=1S/C12H10N4/c1-8-14-10-7-13-11(16-12(10)15-8)9-5-3-2-4-6-9/h2-7H,1H3,(H,13,14,15,16). The molecule has 4 heteroatoms. The lowest BCUT2D eigenvalue weighted by atomic mass is 10.2. The minimum Gasteiger partial charge on any atom is -0.340 e. The van der Waals surface area contributed by atoms with E-state index in [9.17, 15) is 0 Å². The molecule has 4 nitrogen and oxygen atoms in total. The van der Waals surface area contributed by atoms with Crippen LogP contribution in [-0.4, -0.2) is 19.9 Å². The topological polar surface area (TPSA) is 54.5 Å². The molecule has 78 valence electrons. The van der Waals surface area contributed by atoms with Crippen LogP contribution in [0.5, 0.6) is 0 Å². The zero-order valence-electron chi connectivity index (χ0n) is 8.81. The van der Waals surface area contributed by atoms with Gasteiger partial charge in [-0.05, 0) is 6.92 Å². The van der Waals surface area contributed by atoms with Crippen molar-refractivity contribution in [1.82, 2.24) is 19.9 Å². The summed E-state index contributed by atoms with van der Waals surface area (Å²) in [6.07, 6.45) is 1.77. The monoisotopic (exact) mass is 210 g/mol. The summed E-state index contributed by atoms with van der Waals surface area (Å²) >= 11 is 0. The molecule has 0 radical (unpaired) electrons. The summed E-state index contributed by atoms with van der Waals surface area (Å²) in [6, 6.07) is 9.89. The van der Waals surface area contributed by atoms with Crippen molar-refractivity contribution in [2.24, 2.45) is 0 Å². The van der Waals surface area contributed by atoms with Crippen molar-refractivity contribution in [3.63, 3.8) is 0 Å². The second-order valence-corrected chi connectivity index (χ2v) is 3.62. The second-order valence-electron chi connectivity index (χ2n) is 3.62. The van der Waals surface area contributed by atoms with Crippen LogP contribution in [0.2, 0.25) is 0 Å². The van der Waals surface area contributed by atoms with Crippen LogP contribution >= 0.6 is 0 Å². The van der Waals surface area contributed by atoms with Crippen LogP contribution in [0.3, 0.4) is 0 Å². The molecule has 2 heterocycles. The van der Waals surface area contributed by atoms with E-state index in [0.29, 0.717) is 11.5 Å². The van der Waals surface area contributed by atoms with Crippen molar-refractivity contribution >= 4 is 11.2 Å². The summed E-state index contributed by atoms with van der Waals surface area (Å²) in [5.41, 5.74) is 2.59. The summed E-state index contributed by atoms with van der Waals surface area (Å²) in [4.78, 5) is 16.1. The maximum atomic E-state index is 4.41.